The first kappa shape index (κ1) is 22.9. The van der Waals surface area contributed by atoms with E-state index in [4.69, 9.17) is 28.4 Å². The SMILES string of the molecule is COc1ccc([C@@H](OC(C)=O)[C@H](OC(C)=O)c2cc(OC)c(OC)c(OC)c2)cc1. The second kappa shape index (κ2) is 10.4. The molecule has 0 N–H and O–H groups in total. The zero-order valence-corrected chi connectivity index (χ0v) is 17.9. The first-order valence-electron chi connectivity index (χ1n) is 9.12. The number of ether oxygens (including phenoxy) is 6. The van der Waals surface area contributed by atoms with Gasteiger partial charge in [-0.2, -0.15) is 0 Å². The average molecular weight is 418 g/mol. The fraction of sp³-hybridized carbons (Fsp3) is 0.364. The van der Waals surface area contributed by atoms with Crippen LogP contribution in [-0.2, 0) is 19.1 Å². The van der Waals surface area contributed by atoms with Gasteiger partial charge in [0, 0.05) is 19.4 Å². The Labute approximate surface area is 175 Å². The van der Waals surface area contributed by atoms with Gasteiger partial charge in [0.1, 0.15) is 5.75 Å². The predicted molar refractivity (Wildman–Crippen MR) is 108 cm³/mol. The van der Waals surface area contributed by atoms with E-state index in [1.807, 2.05) is 0 Å². The van der Waals surface area contributed by atoms with Crippen LogP contribution >= 0.6 is 0 Å². The fourth-order valence-electron chi connectivity index (χ4n) is 3.03. The number of rotatable bonds is 9. The summed E-state index contributed by atoms with van der Waals surface area (Å²) in [5.74, 6) is 0.705. The second-order valence-corrected chi connectivity index (χ2v) is 6.29. The number of esters is 2. The molecule has 2 atom stereocenters. The molecule has 0 aliphatic rings. The van der Waals surface area contributed by atoms with Gasteiger partial charge < -0.3 is 28.4 Å². The summed E-state index contributed by atoms with van der Waals surface area (Å²) in [7, 11) is 6.00. The van der Waals surface area contributed by atoms with Crippen LogP contribution in [-0.4, -0.2) is 40.4 Å². The number of methoxy groups -OCH3 is 4. The summed E-state index contributed by atoms with van der Waals surface area (Å²) < 4.78 is 32.5. The summed E-state index contributed by atoms with van der Waals surface area (Å²) in [6, 6.07) is 10.2. The predicted octanol–water partition coefficient (Wildman–Crippen LogP) is 3.63. The maximum absolute atomic E-state index is 11.9. The van der Waals surface area contributed by atoms with E-state index in [1.54, 1.807) is 43.5 Å². The molecule has 0 unspecified atom stereocenters. The highest BCUT2D eigenvalue weighted by molar-refractivity contribution is 5.68. The van der Waals surface area contributed by atoms with E-state index in [-0.39, 0.29) is 0 Å². The highest BCUT2D eigenvalue weighted by atomic mass is 16.6. The van der Waals surface area contributed by atoms with Crippen molar-refractivity contribution in [1.82, 2.24) is 0 Å². The van der Waals surface area contributed by atoms with Gasteiger partial charge >= 0.3 is 11.9 Å². The van der Waals surface area contributed by atoms with Crippen molar-refractivity contribution in [2.45, 2.75) is 26.1 Å². The molecule has 0 spiro atoms. The van der Waals surface area contributed by atoms with Gasteiger partial charge in [-0.25, -0.2) is 0 Å². The zero-order chi connectivity index (χ0) is 22.3. The molecule has 0 aliphatic carbocycles. The van der Waals surface area contributed by atoms with Gasteiger partial charge in [-0.3, -0.25) is 9.59 Å². The van der Waals surface area contributed by atoms with Crippen LogP contribution in [0.2, 0.25) is 0 Å². The molecule has 2 aromatic carbocycles. The lowest BCUT2D eigenvalue weighted by atomic mass is 9.97. The summed E-state index contributed by atoms with van der Waals surface area (Å²) in [5.41, 5.74) is 1.12. The molecule has 8 nitrogen and oxygen atoms in total. The maximum Gasteiger partial charge on any atom is 0.303 e. The Morgan fingerprint density at radius 2 is 1.13 bits per heavy atom. The highest BCUT2D eigenvalue weighted by Crippen LogP contribution is 2.44. The highest BCUT2D eigenvalue weighted by Gasteiger charge is 2.32. The van der Waals surface area contributed by atoms with E-state index < -0.39 is 24.1 Å². The number of benzene rings is 2. The molecular formula is C22H26O8. The van der Waals surface area contributed by atoms with E-state index in [0.717, 1.165) is 0 Å². The molecule has 0 aromatic heterocycles. The van der Waals surface area contributed by atoms with Crippen LogP contribution in [0.3, 0.4) is 0 Å². The van der Waals surface area contributed by atoms with E-state index >= 15 is 0 Å². The molecule has 162 valence electrons. The van der Waals surface area contributed by atoms with Crippen molar-refractivity contribution < 1.29 is 38.0 Å². The van der Waals surface area contributed by atoms with Crippen molar-refractivity contribution in [2.24, 2.45) is 0 Å². The smallest absolute Gasteiger partial charge is 0.303 e. The lowest BCUT2D eigenvalue weighted by Gasteiger charge is -2.28. The molecule has 0 saturated carbocycles. The van der Waals surface area contributed by atoms with Crippen LogP contribution in [0.5, 0.6) is 23.0 Å². The molecule has 0 bridgehead atoms. The molecule has 30 heavy (non-hydrogen) atoms. The quantitative estimate of drug-likeness (QED) is 0.571. The van der Waals surface area contributed by atoms with Gasteiger partial charge in [0.25, 0.3) is 0 Å². The van der Waals surface area contributed by atoms with E-state index in [1.165, 1.54) is 35.2 Å². The van der Waals surface area contributed by atoms with Crippen molar-refractivity contribution in [2.75, 3.05) is 28.4 Å². The Bertz CT molecular complexity index is 850. The van der Waals surface area contributed by atoms with Gasteiger partial charge in [0.2, 0.25) is 5.75 Å². The topological polar surface area (TPSA) is 89.5 Å². The van der Waals surface area contributed by atoms with Crippen molar-refractivity contribution in [3.8, 4) is 23.0 Å². The fourth-order valence-corrected chi connectivity index (χ4v) is 3.03. The van der Waals surface area contributed by atoms with Crippen LogP contribution in [0.4, 0.5) is 0 Å². The number of hydrogen-bond acceptors (Lipinski definition) is 8. The Balaban J connectivity index is 2.64. The van der Waals surface area contributed by atoms with Crippen LogP contribution in [0, 0.1) is 0 Å². The lowest BCUT2D eigenvalue weighted by molar-refractivity contribution is -0.166. The first-order chi connectivity index (χ1) is 14.3. The van der Waals surface area contributed by atoms with E-state index in [0.29, 0.717) is 34.1 Å². The number of hydrogen-bond donors (Lipinski definition) is 0. The standard InChI is InChI=1S/C22H26O8/c1-13(23)29-20(15-7-9-17(25-3)10-8-15)21(30-14(2)24)16-11-18(26-4)22(28-6)19(12-16)27-5/h7-12,20-21H,1-6H3/t20-,21-/m1/s1. The molecule has 8 heteroatoms. The normalized spacial score (nSPS) is 12.3. The minimum Gasteiger partial charge on any atom is -0.497 e. The van der Waals surface area contributed by atoms with Crippen molar-refractivity contribution in [3.63, 3.8) is 0 Å². The molecule has 0 heterocycles. The monoisotopic (exact) mass is 418 g/mol. The molecule has 2 rings (SSSR count). The third kappa shape index (κ3) is 5.34. The van der Waals surface area contributed by atoms with Gasteiger partial charge in [-0.1, -0.05) is 12.1 Å². The van der Waals surface area contributed by atoms with Gasteiger partial charge in [0.15, 0.2) is 23.7 Å². The Morgan fingerprint density at radius 1 is 0.667 bits per heavy atom. The van der Waals surface area contributed by atoms with Crippen LogP contribution in [0.15, 0.2) is 36.4 Å². The third-order valence-corrected chi connectivity index (χ3v) is 4.32. The average Bonchev–Trinajstić information content (AvgIpc) is 2.74. The van der Waals surface area contributed by atoms with Crippen LogP contribution < -0.4 is 18.9 Å². The van der Waals surface area contributed by atoms with Gasteiger partial charge in [0.05, 0.1) is 28.4 Å². The number of carbonyl (C=O) groups excluding carboxylic acids is 2. The molecule has 0 aliphatic heterocycles. The van der Waals surface area contributed by atoms with E-state index in [2.05, 4.69) is 0 Å². The van der Waals surface area contributed by atoms with Crippen molar-refractivity contribution in [1.29, 1.82) is 0 Å². The largest absolute Gasteiger partial charge is 0.497 e. The minimum absolute atomic E-state index is 0.375. The molecule has 2 aromatic rings. The third-order valence-electron chi connectivity index (χ3n) is 4.32. The molecule has 0 radical (unpaired) electrons. The Kier molecular flexibility index (Phi) is 7.91. The van der Waals surface area contributed by atoms with Crippen LogP contribution in [0.25, 0.3) is 0 Å². The first-order valence-corrected chi connectivity index (χ1v) is 9.12. The summed E-state index contributed by atoms with van der Waals surface area (Å²) in [5, 5.41) is 0. The number of carbonyl (C=O) groups is 2. The summed E-state index contributed by atoms with van der Waals surface area (Å²) in [4.78, 5) is 23.8. The molecule has 0 fully saturated rings. The molecule has 0 amide bonds. The summed E-state index contributed by atoms with van der Waals surface area (Å²) >= 11 is 0. The summed E-state index contributed by atoms with van der Waals surface area (Å²) in [6.07, 6.45) is -1.88. The van der Waals surface area contributed by atoms with Crippen LogP contribution in [0.1, 0.15) is 37.2 Å². The zero-order valence-electron chi connectivity index (χ0n) is 17.9. The summed E-state index contributed by atoms with van der Waals surface area (Å²) in [6.45, 7) is 2.57. The lowest BCUT2D eigenvalue weighted by Crippen LogP contribution is -2.22. The Morgan fingerprint density at radius 3 is 1.50 bits per heavy atom. The van der Waals surface area contributed by atoms with Crippen molar-refractivity contribution in [3.05, 3.63) is 47.5 Å². The van der Waals surface area contributed by atoms with Gasteiger partial charge in [-0.05, 0) is 29.8 Å². The molecule has 0 saturated heterocycles. The maximum atomic E-state index is 11.9. The van der Waals surface area contributed by atoms with E-state index in [9.17, 15) is 9.59 Å². The van der Waals surface area contributed by atoms with Crippen molar-refractivity contribution >= 4 is 11.9 Å². The minimum atomic E-state index is -0.964. The second-order valence-electron chi connectivity index (χ2n) is 6.29. The Hall–Kier alpha value is -3.42. The molecular weight excluding hydrogens is 392 g/mol. The van der Waals surface area contributed by atoms with Gasteiger partial charge in [-0.15, -0.1) is 0 Å².